The molecule has 0 aromatic heterocycles. The maximum Gasteiger partial charge on any atom is 0.268 e. The third-order valence-corrected chi connectivity index (χ3v) is 5.36. The molecule has 2 atom stereocenters. The van der Waals surface area contributed by atoms with Gasteiger partial charge in [0.05, 0.1) is 11.6 Å². The van der Waals surface area contributed by atoms with E-state index in [1.807, 2.05) is 13.0 Å². The van der Waals surface area contributed by atoms with Gasteiger partial charge in [0.15, 0.2) is 0 Å². The Morgan fingerprint density at radius 2 is 1.97 bits per heavy atom. The highest BCUT2D eigenvalue weighted by molar-refractivity contribution is 5.88. The highest BCUT2D eigenvalue weighted by atomic mass is 19.1. The Kier molecular flexibility index (Phi) is 6.71. The van der Waals surface area contributed by atoms with Gasteiger partial charge in [-0.3, -0.25) is 9.59 Å². The maximum absolute atomic E-state index is 14.3. The molecule has 1 aliphatic rings. The van der Waals surface area contributed by atoms with Gasteiger partial charge in [0.1, 0.15) is 11.6 Å². The van der Waals surface area contributed by atoms with Crippen LogP contribution < -0.4 is 4.74 Å². The Morgan fingerprint density at radius 3 is 2.55 bits per heavy atom. The first-order chi connectivity index (χ1) is 14.8. The molecule has 2 amide bonds. The topological polar surface area (TPSA) is 73.6 Å². The molecule has 31 heavy (non-hydrogen) atoms. The molecule has 7 heteroatoms. The average Bonchev–Trinajstić information content (AvgIpc) is 2.78. The van der Waals surface area contributed by atoms with Gasteiger partial charge >= 0.3 is 0 Å². The molecule has 160 valence electrons. The quantitative estimate of drug-likeness (QED) is 0.694. The molecule has 1 aliphatic heterocycles. The van der Waals surface area contributed by atoms with E-state index in [1.165, 1.54) is 12.1 Å². The number of ether oxygens (including phenoxy) is 1. The van der Waals surface area contributed by atoms with E-state index in [1.54, 1.807) is 53.1 Å². The Hall–Kier alpha value is -3.66. The molecule has 2 aromatic rings. The maximum atomic E-state index is 14.3. The molecule has 0 saturated carbocycles. The minimum absolute atomic E-state index is 0.175. The van der Waals surface area contributed by atoms with Crippen molar-refractivity contribution >= 4 is 11.8 Å². The Morgan fingerprint density at radius 1 is 1.26 bits per heavy atom. The number of nitriles is 1. The number of rotatable bonds is 5. The Labute approximate surface area is 181 Å². The van der Waals surface area contributed by atoms with Crippen LogP contribution in [0.3, 0.4) is 0 Å². The van der Waals surface area contributed by atoms with E-state index in [0.717, 1.165) is 0 Å². The number of hydrogen-bond donors (Lipinski definition) is 0. The minimum Gasteiger partial charge on any atom is -0.476 e. The van der Waals surface area contributed by atoms with Crippen LogP contribution in [0.1, 0.15) is 29.7 Å². The van der Waals surface area contributed by atoms with Crippen molar-refractivity contribution < 1.29 is 18.7 Å². The summed E-state index contributed by atoms with van der Waals surface area (Å²) in [4.78, 5) is 28.7. The first-order valence-electron chi connectivity index (χ1n) is 9.98. The highest BCUT2D eigenvalue weighted by Crippen LogP contribution is 2.27. The fourth-order valence-electron chi connectivity index (χ4n) is 3.55. The Bertz CT molecular complexity index is 1030. The predicted octanol–water partition coefficient (Wildman–Crippen LogP) is 3.37. The summed E-state index contributed by atoms with van der Waals surface area (Å²) in [6, 6.07) is 12.8. The lowest BCUT2D eigenvalue weighted by atomic mass is 10.0. The summed E-state index contributed by atoms with van der Waals surface area (Å²) >= 11 is 0. The second-order valence-electron chi connectivity index (χ2n) is 7.51. The van der Waals surface area contributed by atoms with Gasteiger partial charge in [0.2, 0.25) is 12.0 Å². The molecular weight excluding hydrogens is 397 g/mol. The number of benzene rings is 2. The third kappa shape index (κ3) is 4.92. The number of amides is 2. The summed E-state index contributed by atoms with van der Waals surface area (Å²) in [7, 11) is 0. The van der Waals surface area contributed by atoms with Crippen LogP contribution in [0.15, 0.2) is 55.1 Å². The number of aryl methyl sites for hydroxylation is 1. The Balaban J connectivity index is 1.87. The van der Waals surface area contributed by atoms with Gasteiger partial charge in [0, 0.05) is 31.2 Å². The summed E-state index contributed by atoms with van der Waals surface area (Å²) in [5.41, 5.74) is 1.33. The van der Waals surface area contributed by atoms with E-state index in [0.29, 0.717) is 42.1 Å². The van der Waals surface area contributed by atoms with Crippen LogP contribution in [0.25, 0.3) is 0 Å². The van der Waals surface area contributed by atoms with Crippen molar-refractivity contribution in [2.24, 2.45) is 0 Å². The molecule has 0 unspecified atom stereocenters. The number of carbonyl (C=O) groups excluding carboxylic acids is 2. The van der Waals surface area contributed by atoms with Gasteiger partial charge in [-0.05, 0) is 55.8 Å². The molecule has 0 N–H and O–H groups in total. The second kappa shape index (κ2) is 9.43. The fraction of sp³-hybridized carbons (Fsp3) is 0.292. The molecule has 0 bridgehead atoms. The van der Waals surface area contributed by atoms with Crippen molar-refractivity contribution in [2.75, 3.05) is 19.6 Å². The number of hydrogen-bond acceptors (Lipinski definition) is 4. The van der Waals surface area contributed by atoms with Gasteiger partial charge < -0.3 is 14.5 Å². The van der Waals surface area contributed by atoms with E-state index in [-0.39, 0.29) is 17.9 Å². The summed E-state index contributed by atoms with van der Waals surface area (Å²) in [6.45, 7) is 8.08. The zero-order valence-corrected chi connectivity index (χ0v) is 17.5. The van der Waals surface area contributed by atoms with Crippen molar-refractivity contribution in [1.82, 2.24) is 9.80 Å². The monoisotopic (exact) mass is 421 g/mol. The average molecular weight is 421 g/mol. The molecule has 0 spiro atoms. The van der Waals surface area contributed by atoms with Gasteiger partial charge in [0.25, 0.3) is 5.91 Å². The van der Waals surface area contributed by atoms with Crippen LogP contribution in [0.4, 0.5) is 4.39 Å². The van der Waals surface area contributed by atoms with Gasteiger partial charge in [-0.1, -0.05) is 18.7 Å². The number of nitrogens with zero attached hydrogens (tertiary/aromatic N) is 3. The second-order valence-corrected chi connectivity index (χ2v) is 7.51. The smallest absolute Gasteiger partial charge is 0.268 e. The lowest BCUT2D eigenvalue weighted by Crippen LogP contribution is -2.56. The first kappa shape index (κ1) is 22.0. The van der Waals surface area contributed by atoms with E-state index in [4.69, 9.17) is 10.00 Å². The van der Waals surface area contributed by atoms with Crippen molar-refractivity contribution in [1.29, 1.82) is 5.26 Å². The zero-order chi connectivity index (χ0) is 22.5. The largest absolute Gasteiger partial charge is 0.476 e. The fourth-order valence-corrected chi connectivity index (χ4v) is 3.55. The van der Waals surface area contributed by atoms with Crippen LogP contribution >= 0.6 is 0 Å². The van der Waals surface area contributed by atoms with E-state index < -0.39 is 11.9 Å². The SMILES string of the molecule is C=CC(=O)N1CCN(C(=O)[C@@H](Oc2ccc(C#N)cc2)c2ccc(C)c(F)c2)C[C@H]1C. The summed E-state index contributed by atoms with van der Waals surface area (Å²) < 4.78 is 20.2. The molecule has 1 heterocycles. The number of halogens is 1. The van der Waals surface area contributed by atoms with Crippen molar-refractivity contribution in [3.8, 4) is 11.8 Å². The minimum atomic E-state index is -1.06. The van der Waals surface area contributed by atoms with E-state index in [2.05, 4.69) is 6.58 Å². The normalized spacial score (nSPS) is 16.9. The van der Waals surface area contributed by atoms with E-state index >= 15 is 0 Å². The molecule has 1 saturated heterocycles. The van der Waals surface area contributed by atoms with Crippen molar-refractivity contribution in [3.05, 3.63) is 77.6 Å². The van der Waals surface area contributed by atoms with Gasteiger partial charge in [-0.2, -0.15) is 5.26 Å². The van der Waals surface area contributed by atoms with Gasteiger partial charge in [-0.15, -0.1) is 0 Å². The van der Waals surface area contributed by atoms with Crippen molar-refractivity contribution in [2.45, 2.75) is 26.0 Å². The molecular formula is C24H24FN3O3. The molecule has 0 aliphatic carbocycles. The molecule has 0 radical (unpaired) electrons. The number of piperazine rings is 1. The molecule has 3 rings (SSSR count). The van der Waals surface area contributed by atoms with E-state index in [9.17, 15) is 14.0 Å². The van der Waals surface area contributed by atoms with Gasteiger partial charge in [-0.25, -0.2) is 4.39 Å². The van der Waals surface area contributed by atoms with Crippen LogP contribution in [0.2, 0.25) is 0 Å². The van der Waals surface area contributed by atoms with Crippen LogP contribution in [0.5, 0.6) is 5.75 Å². The summed E-state index contributed by atoms with van der Waals surface area (Å²) in [6.07, 6.45) is 0.205. The van der Waals surface area contributed by atoms with Crippen LogP contribution in [-0.2, 0) is 9.59 Å². The highest BCUT2D eigenvalue weighted by Gasteiger charge is 2.34. The van der Waals surface area contributed by atoms with Crippen molar-refractivity contribution in [3.63, 3.8) is 0 Å². The first-order valence-corrected chi connectivity index (χ1v) is 9.98. The third-order valence-electron chi connectivity index (χ3n) is 5.36. The zero-order valence-electron chi connectivity index (χ0n) is 17.5. The predicted molar refractivity (Wildman–Crippen MR) is 114 cm³/mol. The van der Waals surface area contributed by atoms with Crippen LogP contribution in [0, 0.1) is 24.1 Å². The molecule has 2 aromatic carbocycles. The standard InChI is InChI=1S/C24H24FN3O3/c1-4-22(29)28-12-11-27(15-17(28)3)24(30)23(19-8-5-16(2)21(25)13-19)31-20-9-6-18(14-26)7-10-20/h4-10,13,17,23H,1,11-12,15H2,2-3H3/t17-,23+/m1/s1. The molecule has 6 nitrogen and oxygen atoms in total. The number of carbonyl (C=O) groups is 2. The van der Waals surface area contributed by atoms with Crippen LogP contribution in [-0.4, -0.2) is 47.3 Å². The molecule has 1 fully saturated rings. The summed E-state index contributed by atoms with van der Waals surface area (Å²) in [5.74, 6) is -0.517. The lowest BCUT2D eigenvalue weighted by molar-refractivity contribution is -0.145. The lowest BCUT2D eigenvalue weighted by Gasteiger charge is -2.40. The summed E-state index contributed by atoms with van der Waals surface area (Å²) in [5, 5.41) is 8.98.